The van der Waals surface area contributed by atoms with E-state index in [2.05, 4.69) is 0 Å². The Hall–Kier alpha value is -0.740. The molecule has 0 amide bonds. The van der Waals surface area contributed by atoms with Crippen LogP contribution in [0.4, 0.5) is 10.1 Å². The molecule has 1 aromatic carbocycles. The summed E-state index contributed by atoms with van der Waals surface area (Å²) in [5.41, 5.74) is 6.21. The standard InChI is InChI=1S/C10H12FNOS/c11-7-1-2-10(9(12)5-7)14-8-3-4-13-6-8/h1-2,5,8H,3-4,6,12H2. The third kappa shape index (κ3) is 2.19. The lowest BCUT2D eigenvalue weighted by molar-refractivity contribution is 0.199. The molecule has 76 valence electrons. The Labute approximate surface area is 86.6 Å². The van der Waals surface area contributed by atoms with Gasteiger partial charge in [-0.1, -0.05) is 0 Å². The molecule has 2 rings (SSSR count). The molecule has 1 aromatic rings. The molecular formula is C10H12FNOS. The molecule has 2 N–H and O–H groups in total. The molecule has 14 heavy (non-hydrogen) atoms. The Morgan fingerprint density at radius 3 is 3.00 bits per heavy atom. The van der Waals surface area contributed by atoms with E-state index in [0.717, 1.165) is 24.5 Å². The van der Waals surface area contributed by atoms with Crippen LogP contribution in [-0.2, 0) is 4.74 Å². The van der Waals surface area contributed by atoms with Crippen molar-refractivity contribution in [1.82, 2.24) is 0 Å². The molecule has 0 spiro atoms. The maximum atomic E-state index is 12.7. The smallest absolute Gasteiger partial charge is 0.125 e. The Morgan fingerprint density at radius 1 is 1.50 bits per heavy atom. The van der Waals surface area contributed by atoms with Crippen LogP contribution in [0.25, 0.3) is 0 Å². The molecule has 0 radical (unpaired) electrons. The van der Waals surface area contributed by atoms with Crippen LogP contribution in [0.2, 0.25) is 0 Å². The van der Waals surface area contributed by atoms with Crippen molar-refractivity contribution in [2.75, 3.05) is 18.9 Å². The van der Waals surface area contributed by atoms with Gasteiger partial charge in [-0.2, -0.15) is 0 Å². The second-order valence-corrected chi connectivity index (χ2v) is 4.63. The van der Waals surface area contributed by atoms with Gasteiger partial charge in [0.2, 0.25) is 0 Å². The van der Waals surface area contributed by atoms with Gasteiger partial charge in [0.1, 0.15) is 5.82 Å². The van der Waals surface area contributed by atoms with E-state index < -0.39 is 0 Å². The molecule has 0 aliphatic carbocycles. The van der Waals surface area contributed by atoms with Gasteiger partial charge in [0.05, 0.1) is 6.61 Å². The minimum atomic E-state index is -0.283. The van der Waals surface area contributed by atoms with Crippen LogP contribution in [0, 0.1) is 5.82 Å². The van der Waals surface area contributed by atoms with Gasteiger partial charge in [-0.3, -0.25) is 0 Å². The second-order valence-electron chi connectivity index (χ2n) is 3.29. The maximum absolute atomic E-state index is 12.7. The predicted octanol–water partition coefficient (Wildman–Crippen LogP) is 2.29. The molecule has 4 heteroatoms. The zero-order valence-corrected chi connectivity index (χ0v) is 8.52. The fourth-order valence-corrected chi connectivity index (χ4v) is 2.49. The van der Waals surface area contributed by atoms with Gasteiger partial charge >= 0.3 is 0 Å². The lowest BCUT2D eigenvalue weighted by atomic mass is 10.3. The number of thioether (sulfide) groups is 1. The number of hydrogen-bond donors (Lipinski definition) is 1. The normalized spacial score (nSPS) is 21.4. The predicted molar refractivity (Wildman–Crippen MR) is 55.9 cm³/mol. The summed E-state index contributed by atoms with van der Waals surface area (Å²) in [4.78, 5) is 0.946. The van der Waals surface area contributed by atoms with Crippen LogP contribution in [0.5, 0.6) is 0 Å². The Morgan fingerprint density at radius 2 is 2.36 bits per heavy atom. The average molecular weight is 213 g/mol. The third-order valence-corrected chi connectivity index (χ3v) is 3.48. The van der Waals surface area contributed by atoms with Gasteiger partial charge in [0, 0.05) is 22.4 Å². The zero-order valence-electron chi connectivity index (χ0n) is 7.70. The first-order chi connectivity index (χ1) is 6.75. The Balaban J connectivity index is 2.08. The highest BCUT2D eigenvalue weighted by atomic mass is 32.2. The quantitative estimate of drug-likeness (QED) is 0.765. The number of anilines is 1. The number of rotatable bonds is 2. The molecule has 1 aliphatic rings. The summed E-state index contributed by atoms with van der Waals surface area (Å²) in [5.74, 6) is -0.283. The molecule has 0 bridgehead atoms. The van der Waals surface area contributed by atoms with E-state index in [1.807, 2.05) is 0 Å². The SMILES string of the molecule is Nc1cc(F)ccc1SC1CCOC1. The summed E-state index contributed by atoms with van der Waals surface area (Å²) in [6.07, 6.45) is 1.04. The van der Waals surface area contributed by atoms with E-state index >= 15 is 0 Å². The van der Waals surface area contributed by atoms with Crippen LogP contribution >= 0.6 is 11.8 Å². The summed E-state index contributed by atoms with van der Waals surface area (Å²) in [6, 6.07) is 4.53. The Bertz CT molecular complexity index is 326. The van der Waals surface area contributed by atoms with E-state index in [1.165, 1.54) is 12.1 Å². The van der Waals surface area contributed by atoms with Crippen molar-refractivity contribution >= 4 is 17.4 Å². The second kappa shape index (κ2) is 4.19. The van der Waals surface area contributed by atoms with E-state index in [1.54, 1.807) is 17.8 Å². The van der Waals surface area contributed by atoms with Crippen molar-refractivity contribution in [3.8, 4) is 0 Å². The molecule has 1 fully saturated rings. The highest BCUT2D eigenvalue weighted by Crippen LogP contribution is 2.32. The van der Waals surface area contributed by atoms with Crippen molar-refractivity contribution in [3.63, 3.8) is 0 Å². The first-order valence-electron chi connectivity index (χ1n) is 4.55. The van der Waals surface area contributed by atoms with Gasteiger partial charge in [-0.15, -0.1) is 11.8 Å². The van der Waals surface area contributed by atoms with Crippen LogP contribution in [0.15, 0.2) is 23.1 Å². The van der Waals surface area contributed by atoms with Crippen molar-refractivity contribution < 1.29 is 9.13 Å². The maximum Gasteiger partial charge on any atom is 0.125 e. The molecule has 1 unspecified atom stereocenters. The summed E-state index contributed by atoms with van der Waals surface area (Å²) < 4.78 is 18.0. The van der Waals surface area contributed by atoms with E-state index in [0.29, 0.717) is 10.9 Å². The van der Waals surface area contributed by atoms with E-state index in [4.69, 9.17) is 10.5 Å². The summed E-state index contributed by atoms with van der Waals surface area (Å²) >= 11 is 1.67. The molecular weight excluding hydrogens is 201 g/mol. The van der Waals surface area contributed by atoms with Gasteiger partial charge in [0.25, 0.3) is 0 Å². The van der Waals surface area contributed by atoms with E-state index in [-0.39, 0.29) is 5.82 Å². The lowest BCUT2D eigenvalue weighted by Crippen LogP contribution is -2.01. The molecule has 1 aliphatic heterocycles. The minimum Gasteiger partial charge on any atom is -0.398 e. The van der Waals surface area contributed by atoms with Crippen LogP contribution < -0.4 is 5.73 Å². The fraction of sp³-hybridized carbons (Fsp3) is 0.400. The zero-order chi connectivity index (χ0) is 9.97. The first-order valence-corrected chi connectivity index (χ1v) is 5.43. The topological polar surface area (TPSA) is 35.2 Å². The number of nitrogens with two attached hydrogens (primary N) is 1. The summed E-state index contributed by atoms with van der Waals surface area (Å²) in [5, 5.41) is 0.461. The highest BCUT2D eigenvalue weighted by Gasteiger charge is 2.17. The van der Waals surface area contributed by atoms with Crippen LogP contribution in [-0.4, -0.2) is 18.5 Å². The van der Waals surface area contributed by atoms with Crippen molar-refractivity contribution in [2.45, 2.75) is 16.6 Å². The van der Waals surface area contributed by atoms with Crippen molar-refractivity contribution in [2.24, 2.45) is 0 Å². The molecule has 1 saturated heterocycles. The largest absolute Gasteiger partial charge is 0.398 e. The summed E-state index contributed by atoms with van der Waals surface area (Å²) in [6.45, 7) is 1.58. The third-order valence-electron chi connectivity index (χ3n) is 2.15. The van der Waals surface area contributed by atoms with Crippen molar-refractivity contribution in [1.29, 1.82) is 0 Å². The molecule has 0 aromatic heterocycles. The molecule has 2 nitrogen and oxygen atoms in total. The highest BCUT2D eigenvalue weighted by molar-refractivity contribution is 8.00. The van der Waals surface area contributed by atoms with Crippen LogP contribution in [0.3, 0.4) is 0 Å². The minimum absolute atomic E-state index is 0.283. The molecule has 1 atom stereocenters. The number of ether oxygens (including phenoxy) is 1. The lowest BCUT2D eigenvalue weighted by Gasteiger charge is -2.09. The van der Waals surface area contributed by atoms with E-state index in [9.17, 15) is 4.39 Å². The number of halogens is 1. The average Bonchev–Trinajstić information content (AvgIpc) is 2.62. The fourth-order valence-electron chi connectivity index (χ4n) is 1.41. The van der Waals surface area contributed by atoms with Gasteiger partial charge in [-0.05, 0) is 24.6 Å². The Kier molecular flexibility index (Phi) is 2.93. The molecule has 0 saturated carbocycles. The first kappa shape index (κ1) is 9.80. The summed E-state index contributed by atoms with van der Waals surface area (Å²) in [7, 11) is 0. The van der Waals surface area contributed by atoms with Gasteiger partial charge in [-0.25, -0.2) is 4.39 Å². The van der Waals surface area contributed by atoms with Gasteiger partial charge in [0.15, 0.2) is 0 Å². The number of benzene rings is 1. The monoisotopic (exact) mass is 213 g/mol. The van der Waals surface area contributed by atoms with Crippen molar-refractivity contribution in [3.05, 3.63) is 24.0 Å². The number of hydrogen-bond acceptors (Lipinski definition) is 3. The van der Waals surface area contributed by atoms with Crippen LogP contribution in [0.1, 0.15) is 6.42 Å². The van der Waals surface area contributed by atoms with Gasteiger partial charge < -0.3 is 10.5 Å². The number of nitrogen functional groups attached to an aromatic ring is 1. The molecule has 1 heterocycles.